The highest BCUT2D eigenvalue weighted by Crippen LogP contribution is 2.19. The van der Waals surface area contributed by atoms with E-state index in [1.807, 2.05) is 48.2 Å². The number of nitrogens with one attached hydrogen (secondary N) is 2. The van der Waals surface area contributed by atoms with Crippen molar-refractivity contribution in [2.75, 3.05) is 31.6 Å². The SMILES string of the molecule is Cc1cccc(CNC(=O)CNc2cccc(C(=O)N3CCC(CO)CC3)c2)c1. The van der Waals surface area contributed by atoms with E-state index in [1.165, 1.54) is 0 Å². The number of aliphatic hydroxyl groups is 1. The molecule has 3 rings (SSSR count). The quantitative estimate of drug-likeness (QED) is 0.673. The number of piperidine rings is 1. The standard InChI is InChI=1S/C23H29N3O3/c1-17-4-2-5-19(12-17)14-25-22(28)15-24-21-7-3-6-20(13-21)23(29)26-10-8-18(16-27)9-11-26/h2-7,12-13,18,24,27H,8-11,14-16H2,1H3,(H,25,28). The van der Waals surface area contributed by atoms with Crippen molar-refractivity contribution in [2.24, 2.45) is 5.92 Å². The van der Waals surface area contributed by atoms with Crippen LogP contribution in [0.2, 0.25) is 0 Å². The number of likely N-dealkylation sites (tertiary alicyclic amines) is 1. The summed E-state index contributed by atoms with van der Waals surface area (Å²) in [5.74, 6) is 0.189. The molecule has 0 aliphatic carbocycles. The lowest BCUT2D eigenvalue weighted by atomic mass is 9.97. The number of aliphatic hydroxyl groups excluding tert-OH is 1. The van der Waals surface area contributed by atoms with Crippen molar-refractivity contribution in [1.82, 2.24) is 10.2 Å². The van der Waals surface area contributed by atoms with E-state index >= 15 is 0 Å². The Hall–Kier alpha value is -2.86. The third-order valence-corrected chi connectivity index (χ3v) is 5.29. The Balaban J connectivity index is 1.49. The Labute approximate surface area is 171 Å². The van der Waals surface area contributed by atoms with Crippen LogP contribution in [0.4, 0.5) is 5.69 Å². The third-order valence-electron chi connectivity index (χ3n) is 5.29. The first kappa shape index (κ1) is 20.9. The van der Waals surface area contributed by atoms with Crippen molar-refractivity contribution in [1.29, 1.82) is 0 Å². The van der Waals surface area contributed by atoms with E-state index in [2.05, 4.69) is 10.6 Å². The molecule has 0 bridgehead atoms. The van der Waals surface area contributed by atoms with Gasteiger partial charge in [0.1, 0.15) is 0 Å². The number of benzene rings is 2. The van der Waals surface area contributed by atoms with Gasteiger partial charge in [0.05, 0.1) is 6.54 Å². The summed E-state index contributed by atoms with van der Waals surface area (Å²) in [6, 6.07) is 15.3. The molecule has 2 amide bonds. The molecule has 2 aromatic rings. The van der Waals surface area contributed by atoms with Crippen molar-refractivity contribution in [2.45, 2.75) is 26.3 Å². The summed E-state index contributed by atoms with van der Waals surface area (Å²) < 4.78 is 0. The molecule has 6 nitrogen and oxygen atoms in total. The van der Waals surface area contributed by atoms with E-state index in [9.17, 15) is 14.7 Å². The first-order valence-corrected chi connectivity index (χ1v) is 10.1. The first-order chi connectivity index (χ1) is 14.0. The molecule has 0 radical (unpaired) electrons. The summed E-state index contributed by atoms with van der Waals surface area (Å²) in [6.45, 7) is 4.19. The second-order valence-corrected chi connectivity index (χ2v) is 7.62. The molecule has 0 aromatic heterocycles. The van der Waals surface area contributed by atoms with Crippen molar-refractivity contribution in [3.8, 4) is 0 Å². The lowest BCUT2D eigenvalue weighted by Gasteiger charge is -2.31. The van der Waals surface area contributed by atoms with E-state index in [0.717, 1.165) is 29.7 Å². The van der Waals surface area contributed by atoms with Gasteiger partial charge in [0.25, 0.3) is 5.91 Å². The fourth-order valence-corrected chi connectivity index (χ4v) is 3.53. The molecule has 0 atom stereocenters. The highest BCUT2D eigenvalue weighted by molar-refractivity contribution is 5.95. The number of carbonyl (C=O) groups excluding carboxylic acids is 2. The Morgan fingerprint density at radius 1 is 1.10 bits per heavy atom. The van der Waals surface area contributed by atoms with Crippen LogP contribution in [0.25, 0.3) is 0 Å². The van der Waals surface area contributed by atoms with Crippen molar-refractivity contribution >= 4 is 17.5 Å². The molecule has 29 heavy (non-hydrogen) atoms. The first-order valence-electron chi connectivity index (χ1n) is 10.1. The van der Waals surface area contributed by atoms with E-state index < -0.39 is 0 Å². The zero-order valence-electron chi connectivity index (χ0n) is 16.9. The number of amides is 2. The molecule has 1 aliphatic rings. The molecule has 1 heterocycles. The van der Waals surface area contributed by atoms with Crippen molar-refractivity contribution < 1.29 is 14.7 Å². The van der Waals surface area contributed by atoms with Crippen molar-refractivity contribution in [3.63, 3.8) is 0 Å². The van der Waals surface area contributed by atoms with E-state index in [1.54, 1.807) is 12.1 Å². The molecule has 0 saturated carbocycles. The molecule has 1 fully saturated rings. The monoisotopic (exact) mass is 395 g/mol. The van der Waals surface area contributed by atoms with Gasteiger partial charge in [-0.25, -0.2) is 0 Å². The van der Waals surface area contributed by atoms with Gasteiger partial charge < -0.3 is 20.6 Å². The largest absolute Gasteiger partial charge is 0.396 e. The van der Waals surface area contributed by atoms with Gasteiger partial charge in [-0.2, -0.15) is 0 Å². The fraction of sp³-hybridized carbons (Fsp3) is 0.391. The minimum atomic E-state index is -0.102. The lowest BCUT2D eigenvalue weighted by Crippen LogP contribution is -2.39. The zero-order valence-corrected chi connectivity index (χ0v) is 16.9. The van der Waals surface area contributed by atoms with Crippen LogP contribution in [-0.2, 0) is 11.3 Å². The molecule has 6 heteroatoms. The van der Waals surface area contributed by atoms with Crippen LogP contribution in [0, 0.1) is 12.8 Å². The number of rotatable bonds is 7. The topological polar surface area (TPSA) is 81.7 Å². The molecular weight excluding hydrogens is 366 g/mol. The van der Waals surface area contributed by atoms with Gasteiger partial charge >= 0.3 is 0 Å². The molecule has 0 unspecified atom stereocenters. The summed E-state index contributed by atoms with van der Waals surface area (Å²) in [5, 5.41) is 15.2. The molecule has 0 spiro atoms. The van der Waals surface area contributed by atoms with Crippen LogP contribution >= 0.6 is 0 Å². The highest BCUT2D eigenvalue weighted by atomic mass is 16.3. The molecule has 1 saturated heterocycles. The number of nitrogens with zero attached hydrogens (tertiary/aromatic N) is 1. The van der Waals surface area contributed by atoms with E-state index in [4.69, 9.17) is 0 Å². The second kappa shape index (κ2) is 10.1. The molecule has 3 N–H and O–H groups in total. The van der Waals surface area contributed by atoms with Gasteiger partial charge in [0, 0.05) is 37.5 Å². The minimum Gasteiger partial charge on any atom is -0.396 e. The van der Waals surface area contributed by atoms with Crippen LogP contribution in [-0.4, -0.2) is 48.1 Å². The summed E-state index contributed by atoms with van der Waals surface area (Å²) in [5.41, 5.74) is 3.58. The minimum absolute atomic E-state index is 0.00561. The van der Waals surface area contributed by atoms with Crippen LogP contribution in [0.1, 0.15) is 34.3 Å². The molecular formula is C23H29N3O3. The summed E-state index contributed by atoms with van der Waals surface area (Å²) in [7, 11) is 0. The average Bonchev–Trinajstić information content (AvgIpc) is 2.76. The number of aryl methyl sites for hydroxylation is 1. The number of carbonyl (C=O) groups is 2. The maximum atomic E-state index is 12.7. The van der Waals surface area contributed by atoms with Crippen LogP contribution in [0.5, 0.6) is 0 Å². The number of anilines is 1. The van der Waals surface area contributed by atoms with Gasteiger partial charge in [0.2, 0.25) is 5.91 Å². The normalized spacial score (nSPS) is 14.5. The van der Waals surface area contributed by atoms with Crippen LogP contribution in [0.3, 0.4) is 0 Å². The van der Waals surface area contributed by atoms with Crippen LogP contribution < -0.4 is 10.6 Å². The smallest absolute Gasteiger partial charge is 0.253 e. The summed E-state index contributed by atoms with van der Waals surface area (Å²) >= 11 is 0. The van der Waals surface area contributed by atoms with Gasteiger partial charge in [-0.15, -0.1) is 0 Å². The van der Waals surface area contributed by atoms with E-state index in [0.29, 0.717) is 31.1 Å². The maximum absolute atomic E-state index is 12.7. The predicted molar refractivity (Wildman–Crippen MR) is 114 cm³/mol. The Kier molecular flexibility index (Phi) is 7.25. The second-order valence-electron chi connectivity index (χ2n) is 7.62. The average molecular weight is 396 g/mol. The Morgan fingerprint density at radius 3 is 2.59 bits per heavy atom. The number of hydrogen-bond donors (Lipinski definition) is 3. The van der Waals surface area contributed by atoms with E-state index in [-0.39, 0.29) is 25.0 Å². The zero-order chi connectivity index (χ0) is 20.6. The Morgan fingerprint density at radius 2 is 1.86 bits per heavy atom. The molecule has 2 aromatic carbocycles. The Bertz CT molecular complexity index is 845. The molecule has 154 valence electrons. The van der Waals surface area contributed by atoms with Crippen LogP contribution in [0.15, 0.2) is 48.5 Å². The number of hydrogen-bond acceptors (Lipinski definition) is 4. The lowest BCUT2D eigenvalue weighted by molar-refractivity contribution is -0.119. The van der Waals surface area contributed by atoms with Gasteiger partial charge in [0.15, 0.2) is 0 Å². The summed E-state index contributed by atoms with van der Waals surface area (Å²) in [6.07, 6.45) is 1.67. The summed E-state index contributed by atoms with van der Waals surface area (Å²) in [4.78, 5) is 26.7. The predicted octanol–water partition coefficient (Wildman–Crippen LogP) is 2.57. The van der Waals surface area contributed by atoms with Crippen molar-refractivity contribution in [3.05, 3.63) is 65.2 Å². The van der Waals surface area contributed by atoms with Gasteiger partial charge in [-0.05, 0) is 49.4 Å². The fourth-order valence-electron chi connectivity index (χ4n) is 3.53. The third kappa shape index (κ3) is 6.06. The van der Waals surface area contributed by atoms with Gasteiger partial charge in [-0.1, -0.05) is 35.9 Å². The highest BCUT2D eigenvalue weighted by Gasteiger charge is 2.23. The maximum Gasteiger partial charge on any atom is 0.253 e. The molecule has 1 aliphatic heterocycles. The van der Waals surface area contributed by atoms with Gasteiger partial charge in [-0.3, -0.25) is 9.59 Å².